The van der Waals surface area contributed by atoms with Gasteiger partial charge in [0.05, 0.1) is 11.4 Å². The highest BCUT2D eigenvalue weighted by Crippen LogP contribution is 2.32. The fraction of sp³-hybridized carbons (Fsp3) is 0.267. The SMILES string of the molecule is CC(C)(C)c1ccnc(-c2cccc(Oc3cccc(-c4cc(C(C)(C)C)ccn4)c3)c2)c1. The van der Waals surface area contributed by atoms with Gasteiger partial charge in [0.15, 0.2) is 0 Å². The first kappa shape index (κ1) is 22.7. The van der Waals surface area contributed by atoms with Crippen molar-refractivity contribution in [3.63, 3.8) is 0 Å². The molecule has 0 saturated carbocycles. The Hall–Kier alpha value is -3.46. The predicted octanol–water partition coefficient (Wildman–Crippen LogP) is 8.20. The number of ether oxygens (including phenoxy) is 1. The molecule has 0 bridgehead atoms. The Kier molecular flexibility index (Phi) is 6.07. The molecule has 33 heavy (non-hydrogen) atoms. The van der Waals surface area contributed by atoms with Crippen LogP contribution in [0.3, 0.4) is 0 Å². The molecular weight excluding hydrogens is 404 g/mol. The van der Waals surface area contributed by atoms with Crippen LogP contribution in [0.2, 0.25) is 0 Å². The van der Waals surface area contributed by atoms with Gasteiger partial charge in [-0.1, -0.05) is 65.8 Å². The molecule has 4 rings (SSSR count). The summed E-state index contributed by atoms with van der Waals surface area (Å²) in [6.07, 6.45) is 3.76. The lowest BCUT2D eigenvalue weighted by Gasteiger charge is -2.19. The Morgan fingerprint density at radius 1 is 0.545 bits per heavy atom. The molecule has 0 unspecified atom stereocenters. The lowest BCUT2D eigenvalue weighted by atomic mass is 9.87. The molecule has 2 aromatic carbocycles. The lowest BCUT2D eigenvalue weighted by molar-refractivity contribution is 0.483. The van der Waals surface area contributed by atoms with Gasteiger partial charge in [0, 0.05) is 23.5 Å². The van der Waals surface area contributed by atoms with Gasteiger partial charge >= 0.3 is 0 Å². The molecule has 168 valence electrons. The molecule has 2 heterocycles. The van der Waals surface area contributed by atoms with E-state index in [9.17, 15) is 0 Å². The van der Waals surface area contributed by atoms with Crippen LogP contribution in [0.15, 0.2) is 85.2 Å². The molecule has 0 spiro atoms. The van der Waals surface area contributed by atoms with Crippen LogP contribution in [0, 0.1) is 0 Å². The molecule has 0 saturated heterocycles. The summed E-state index contributed by atoms with van der Waals surface area (Å²) in [4.78, 5) is 9.18. The van der Waals surface area contributed by atoms with Gasteiger partial charge in [-0.3, -0.25) is 9.97 Å². The van der Waals surface area contributed by atoms with Crippen molar-refractivity contribution in [1.29, 1.82) is 0 Å². The minimum Gasteiger partial charge on any atom is -0.457 e. The zero-order chi connectivity index (χ0) is 23.6. The zero-order valence-corrected chi connectivity index (χ0v) is 20.4. The first-order chi connectivity index (χ1) is 15.6. The molecule has 3 heteroatoms. The molecule has 0 aliphatic carbocycles. The highest BCUT2D eigenvalue weighted by molar-refractivity contribution is 5.64. The zero-order valence-electron chi connectivity index (χ0n) is 20.4. The van der Waals surface area contributed by atoms with E-state index in [1.165, 1.54) is 11.1 Å². The fourth-order valence-corrected chi connectivity index (χ4v) is 3.68. The second-order valence-corrected chi connectivity index (χ2v) is 10.5. The second kappa shape index (κ2) is 8.82. The molecule has 4 aromatic rings. The van der Waals surface area contributed by atoms with Crippen molar-refractivity contribution in [3.05, 3.63) is 96.3 Å². The third kappa shape index (κ3) is 5.48. The van der Waals surface area contributed by atoms with Crippen molar-refractivity contribution < 1.29 is 4.74 Å². The quantitative estimate of drug-likeness (QED) is 0.323. The Bertz CT molecular complexity index is 1160. The number of hydrogen-bond donors (Lipinski definition) is 0. The summed E-state index contributed by atoms with van der Waals surface area (Å²) in [6, 6.07) is 24.7. The van der Waals surface area contributed by atoms with E-state index >= 15 is 0 Å². The van der Waals surface area contributed by atoms with Gasteiger partial charge in [-0.2, -0.15) is 0 Å². The molecule has 0 amide bonds. The van der Waals surface area contributed by atoms with Crippen LogP contribution in [0.5, 0.6) is 11.5 Å². The van der Waals surface area contributed by atoms with E-state index in [2.05, 4.69) is 87.9 Å². The maximum Gasteiger partial charge on any atom is 0.128 e. The first-order valence-corrected chi connectivity index (χ1v) is 11.4. The summed E-state index contributed by atoms with van der Waals surface area (Å²) in [7, 11) is 0. The van der Waals surface area contributed by atoms with Crippen LogP contribution in [-0.4, -0.2) is 9.97 Å². The average Bonchev–Trinajstić information content (AvgIpc) is 2.78. The fourth-order valence-electron chi connectivity index (χ4n) is 3.68. The first-order valence-electron chi connectivity index (χ1n) is 11.4. The van der Waals surface area contributed by atoms with Gasteiger partial charge in [-0.15, -0.1) is 0 Å². The van der Waals surface area contributed by atoms with Gasteiger partial charge in [-0.05, 0) is 70.5 Å². The number of aromatic nitrogens is 2. The molecule has 0 fully saturated rings. The lowest BCUT2D eigenvalue weighted by Crippen LogP contribution is -2.11. The molecular formula is C30H32N2O. The van der Waals surface area contributed by atoms with Gasteiger partial charge in [0.25, 0.3) is 0 Å². The van der Waals surface area contributed by atoms with Crippen LogP contribution >= 0.6 is 0 Å². The minimum atomic E-state index is 0.0740. The normalized spacial score (nSPS) is 11.9. The summed E-state index contributed by atoms with van der Waals surface area (Å²) in [5, 5.41) is 0. The predicted molar refractivity (Wildman–Crippen MR) is 137 cm³/mol. The van der Waals surface area contributed by atoms with E-state index in [1.54, 1.807) is 0 Å². The van der Waals surface area contributed by atoms with Crippen molar-refractivity contribution in [3.8, 4) is 34.0 Å². The van der Waals surface area contributed by atoms with E-state index in [0.29, 0.717) is 0 Å². The van der Waals surface area contributed by atoms with Crippen molar-refractivity contribution in [2.24, 2.45) is 0 Å². The van der Waals surface area contributed by atoms with Crippen LogP contribution in [0.25, 0.3) is 22.5 Å². The summed E-state index contributed by atoms with van der Waals surface area (Å²) < 4.78 is 6.24. The number of rotatable bonds is 4. The standard InChI is InChI=1S/C30H32N2O/c1-29(2,3)23-13-15-31-27(19-23)21-9-7-11-25(17-21)33-26-12-8-10-22(18-26)28-20-24(14-16-32-28)30(4,5)6/h7-20H,1-6H3. The molecule has 3 nitrogen and oxygen atoms in total. The summed E-state index contributed by atoms with van der Waals surface area (Å²) >= 11 is 0. The molecule has 0 aliphatic heterocycles. The van der Waals surface area contributed by atoms with Crippen LogP contribution in [0.1, 0.15) is 52.7 Å². The number of pyridine rings is 2. The third-order valence-electron chi connectivity index (χ3n) is 5.75. The van der Waals surface area contributed by atoms with E-state index in [0.717, 1.165) is 34.0 Å². The monoisotopic (exact) mass is 436 g/mol. The maximum atomic E-state index is 6.24. The third-order valence-corrected chi connectivity index (χ3v) is 5.75. The molecule has 0 radical (unpaired) electrons. The number of benzene rings is 2. The van der Waals surface area contributed by atoms with Crippen LogP contribution in [0.4, 0.5) is 0 Å². The molecule has 0 atom stereocenters. The second-order valence-electron chi connectivity index (χ2n) is 10.5. The Morgan fingerprint density at radius 3 is 1.36 bits per heavy atom. The van der Waals surface area contributed by atoms with Gasteiger partial charge in [-0.25, -0.2) is 0 Å². The molecule has 0 N–H and O–H groups in total. The van der Waals surface area contributed by atoms with Crippen molar-refractivity contribution >= 4 is 0 Å². The number of hydrogen-bond acceptors (Lipinski definition) is 3. The largest absolute Gasteiger partial charge is 0.457 e. The summed E-state index contributed by atoms with van der Waals surface area (Å²) in [5.41, 5.74) is 6.64. The van der Waals surface area contributed by atoms with E-state index in [1.807, 2.05) is 48.8 Å². The van der Waals surface area contributed by atoms with Gasteiger partial charge < -0.3 is 4.74 Å². The minimum absolute atomic E-state index is 0.0740. The van der Waals surface area contributed by atoms with E-state index in [4.69, 9.17) is 4.74 Å². The van der Waals surface area contributed by atoms with Gasteiger partial charge in [0.1, 0.15) is 11.5 Å². The smallest absolute Gasteiger partial charge is 0.128 e. The maximum absolute atomic E-state index is 6.24. The van der Waals surface area contributed by atoms with Crippen molar-refractivity contribution in [2.75, 3.05) is 0 Å². The van der Waals surface area contributed by atoms with Gasteiger partial charge in [0.2, 0.25) is 0 Å². The van der Waals surface area contributed by atoms with Crippen molar-refractivity contribution in [1.82, 2.24) is 9.97 Å². The number of nitrogens with zero attached hydrogens (tertiary/aromatic N) is 2. The van der Waals surface area contributed by atoms with Crippen molar-refractivity contribution in [2.45, 2.75) is 52.4 Å². The molecule has 2 aromatic heterocycles. The van der Waals surface area contributed by atoms with Crippen LogP contribution in [-0.2, 0) is 10.8 Å². The topological polar surface area (TPSA) is 35.0 Å². The Morgan fingerprint density at radius 2 is 0.970 bits per heavy atom. The summed E-state index contributed by atoms with van der Waals surface area (Å²) in [6.45, 7) is 13.3. The highest BCUT2D eigenvalue weighted by atomic mass is 16.5. The highest BCUT2D eigenvalue weighted by Gasteiger charge is 2.16. The summed E-state index contributed by atoms with van der Waals surface area (Å²) in [5.74, 6) is 1.56. The van der Waals surface area contributed by atoms with E-state index < -0.39 is 0 Å². The average molecular weight is 437 g/mol. The van der Waals surface area contributed by atoms with E-state index in [-0.39, 0.29) is 10.8 Å². The Labute approximate surface area is 197 Å². The van der Waals surface area contributed by atoms with Crippen LogP contribution < -0.4 is 4.74 Å². The molecule has 0 aliphatic rings. The Balaban J connectivity index is 1.60.